The number of piperazine rings is 1. The molecule has 26 heavy (non-hydrogen) atoms. The number of amides is 1. The fourth-order valence-corrected chi connectivity index (χ4v) is 3.12. The molecule has 1 aliphatic heterocycles. The molecule has 6 nitrogen and oxygen atoms in total. The molecule has 1 saturated heterocycles. The topological polar surface area (TPSA) is 62.2 Å². The van der Waals surface area contributed by atoms with Crippen molar-refractivity contribution in [2.45, 2.75) is 19.9 Å². The smallest absolute Gasteiger partial charge is 0.254 e. The normalized spacial score (nSPS) is 14.7. The molecule has 0 aliphatic carbocycles. The van der Waals surface area contributed by atoms with Gasteiger partial charge < -0.3 is 15.5 Å². The van der Waals surface area contributed by atoms with E-state index >= 15 is 0 Å². The lowest BCUT2D eigenvalue weighted by molar-refractivity contribution is 0.0950. The predicted octanol–water partition coefficient (Wildman–Crippen LogP) is 1.69. The van der Waals surface area contributed by atoms with E-state index in [1.54, 1.807) is 6.20 Å². The monoisotopic (exact) mass is 377 g/mol. The zero-order valence-electron chi connectivity index (χ0n) is 15.3. The van der Waals surface area contributed by atoms with Crippen molar-refractivity contribution in [3.05, 3.63) is 53.3 Å². The predicted molar refractivity (Wildman–Crippen MR) is 106 cm³/mol. The number of hydrogen-bond donors (Lipinski definition) is 2. The molecule has 0 bridgehead atoms. The van der Waals surface area contributed by atoms with Gasteiger partial charge in [-0.3, -0.25) is 9.48 Å². The summed E-state index contributed by atoms with van der Waals surface area (Å²) < 4.78 is 1.88. The fraction of sp³-hybridized carbons (Fsp3) is 0.474. The SMILES string of the molecule is Cc1c(C(=O)NCCCN2CCNCC2)cnn1Cc1ccccc1.Cl. The second-order valence-electron chi connectivity index (χ2n) is 6.49. The van der Waals surface area contributed by atoms with Crippen molar-refractivity contribution in [1.29, 1.82) is 0 Å². The molecule has 2 aromatic rings. The van der Waals surface area contributed by atoms with Gasteiger partial charge in [0.2, 0.25) is 0 Å². The first kappa shape index (κ1) is 20.4. The molecule has 0 unspecified atom stereocenters. The van der Waals surface area contributed by atoms with Crippen LogP contribution in [0.15, 0.2) is 36.5 Å². The zero-order valence-corrected chi connectivity index (χ0v) is 16.1. The number of carbonyl (C=O) groups excluding carboxylic acids is 1. The lowest BCUT2D eigenvalue weighted by Crippen LogP contribution is -2.44. The number of benzene rings is 1. The lowest BCUT2D eigenvalue weighted by Gasteiger charge is -2.27. The van der Waals surface area contributed by atoms with Crippen LogP contribution in [0, 0.1) is 6.92 Å². The fourth-order valence-electron chi connectivity index (χ4n) is 3.12. The van der Waals surface area contributed by atoms with Crippen molar-refractivity contribution >= 4 is 18.3 Å². The molecule has 1 aromatic carbocycles. The van der Waals surface area contributed by atoms with Gasteiger partial charge in [-0.2, -0.15) is 5.10 Å². The minimum atomic E-state index is -0.0304. The van der Waals surface area contributed by atoms with E-state index in [0.29, 0.717) is 18.7 Å². The molecular formula is C19H28ClN5O. The number of nitrogens with one attached hydrogen (secondary N) is 2. The highest BCUT2D eigenvalue weighted by atomic mass is 35.5. The van der Waals surface area contributed by atoms with Crippen LogP contribution in [0.1, 0.15) is 28.0 Å². The zero-order chi connectivity index (χ0) is 17.5. The summed E-state index contributed by atoms with van der Waals surface area (Å²) in [6.07, 6.45) is 2.65. The lowest BCUT2D eigenvalue weighted by atomic mass is 10.2. The number of hydrogen-bond acceptors (Lipinski definition) is 4. The van der Waals surface area contributed by atoms with E-state index in [1.165, 1.54) is 5.56 Å². The van der Waals surface area contributed by atoms with Gasteiger partial charge >= 0.3 is 0 Å². The van der Waals surface area contributed by atoms with Gasteiger partial charge in [0.05, 0.1) is 18.3 Å². The van der Waals surface area contributed by atoms with E-state index in [1.807, 2.05) is 29.8 Å². The second-order valence-corrected chi connectivity index (χ2v) is 6.49. The highest BCUT2D eigenvalue weighted by Gasteiger charge is 2.14. The summed E-state index contributed by atoms with van der Waals surface area (Å²) in [6, 6.07) is 10.2. The molecular weight excluding hydrogens is 350 g/mol. The van der Waals surface area contributed by atoms with Crippen molar-refractivity contribution in [2.75, 3.05) is 39.3 Å². The molecule has 142 valence electrons. The van der Waals surface area contributed by atoms with Crippen molar-refractivity contribution in [2.24, 2.45) is 0 Å². The summed E-state index contributed by atoms with van der Waals surface area (Å²) in [4.78, 5) is 14.8. The third kappa shape index (κ3) is 5.56. The summed E-state index contributed by atoms with van der Waals surface area (Å²) in [5.74, 6) is -0.0304. The van der Waals surface area contributed by atoms with E-state index in [9.17, 15) is 4.79 Å². The maximum Gasteiger partial charge on any atom is 0.254 e. The average Bonchev–Trinajstić information content (AvgIpc) is 3.01. The Hall–Kier alpha value is -1.89. The molecule has 1 aromatic heterocycles. The van der Waals surface area contributed by atoms with Crippen molar-refractivity contribution in [3.63, 3.8) is 0 Å². The van der Waals surface area contributed by atoms with Gasteiger partial charge in [0.1, 0.15) is 0 Å². The second kappa shape index (κ2) is 10.3. The summed E-state index contributed by atoms with van der Waals surface area (Å²) in [5.41, 5.74) is 2.75. The molecule has 0 radical (unpaired) electrons. The van der Waals surface area contributed by atoms with Gasteiger partial charge in [-0.25, -0.2) is 0 Å². The maximum atomic E-state index is 12.4. The van der Waals surface area contributed by atoms with Crippen LogP contribution < -0.4 is 10.6 Å². The Balaban J connectivity index is 0.00000243. The highest BCUT2D eigenvalue weighted by Crippen LogP contribution is 2.10. The molecule has 0 spiro atoms. The van der Waals surface area contributed by atoms with E-state index < -0.39 is 0 Å². The number of halogens is 1. The van der Waals surface area contributed by atoms with E-state index in [4.69, 9.17) is 0 Å². The third-order valence-electron chi connectivity index (χ3n) is 4.67. The van der Waals surface area contributed by atoms with Crippen LogP contribution in [0.25, 0.3) is 0 Å². The molecule has 1 amide bonds. The standard InChI is InChI=1S/C19H27N5O.ClH/c1-16-18(14-22-24(16)15-17-6-3-2-4-7-17)19(25)21-8-5-11-23-12-9-20-10-13-23;/h2-4,6-7,14,20H,5,8-13,15H2,1H3,(H,21,25);1H. The van der Waals surface area contributed by atoms with Crippen LogP contribution in [0.2, 0.25) is 0 Å². The van der Waals surface area contributed by atoms with Crippen LogP contribution in [0.5, 0.6) is 0 Å². The first-order valence-electron chi connectivity index (χ1n) is 9.01. The summed E-state index contributed by atoms with van der Waals surface area (Å²) in [5, 5.41) is 10.7. The van der Waals surface area contributed by atoms with Gasteiger partial charge in [-0.15, -0.1) is 12.4 Å². The van der Waals surface area contributed by atoms with Crippen molar-refractivity contribution in [3.8, 4) is 0 Å². The summed E-state index contributed by atoms with van der Waals surface area (Å²) >= 11 is 0. The van der Waals surface area contributed by atoms with Gasteiger partial charge in [-0.05, 0) is 25.5 Å². The van der Waals surface area contributed by atoms with Crippen LogP contribution >= 0.6 is 12.4 Å². The summed E-state index contributed by atoms with van der Waals surface area (Å²) in [7, 11) is 0. The van der Waals surface area contributed by atoms with Crippen LogP contribution in [-0.2, 0) is 6.54 Å². The molecule has 0 atom stereocenters. The third-order valence-corrected chi connectivity index (χ3v) is 4.67. The molecule has 2 N–H and O–H groups in total. The Morgan fingerprint density at radius 1 is 1.23 bits per heavy atom. The van der Waals surface area contributed by atoms with Crippen LogP contribution in [0.4, 0.5) is 0 Å². The van der Waals surface area contributed by atoms with Crippen molar-refractivity contribution in [1.82, 2.24) is 25.3 Å². The van der Waals surface area contributed by atoms with Crippen LogP contribution in [-0.4, -0.2) is 59.9 Å². The van der Waals surface area contributed by atoms with Gasteiger partial charge in [0.15, 0.2) is 0 Å². The quantitative estimate of drug-likeness (QED) is 0.721. The summed E-state index contributed by atoms with van der Waals surface area (Å²) in [6.45, 7) is 8.69. The number of aromatic nitrogens is 2. The first-order chi connectivity index (χ1) is 12.2. The molecule has 3 rings (SSSR count). The maximum absolute atomic E-state index is 12.4. The van der Waals surface area contributed by atoms with E-state index in [-0.39, 0.29) is 18.3 Å². The Bertz CT molecular complexity index is 682. The Kier molecular flexibility index (Phi) is 8.09. The minimum Gasteiger partial charge on any atom is -0.352 e. The first-order valence-corrected chi connectivity index (χ1v) is 9.01. The van der Waals surface area contributed by atoms with E-state index in [2.05, 4.69) is 32.8 Å². The Morgan fingerprint density at radius 2 is 1.96 bits per heavy atom. The number of rotatable bonds is 7. The average molecular weight is 378 g/mol. The largest absolute Gasteiger partial charge is 0.352 e. The molecule has 2 heterocycles. The van der Waals surface area contributed by atoms with Gasteiger partial charge in [0, 0.05) is 38.4 Å². The van der Waals surface area contributed by atoms with E-state index in [0.717, 1.165) is 44.8 Å². The minimum absolute atomic E-state index is 0. The molecule has 1 fully saturated rings. The number of nitrogens with zero attached hydrogens (tertiary/aromatic N) is 3. The van der Waals surface area contributed by atoms with Gasteiger partial charge in [0.25, 0.3) is 5.91 Å². The Morgan fingerprint density at radius 3 is 2.69 bits per heavy atom. The van der Waals surface area contributed by atoms with Gasteiger partial charge in [-0.1, -0.05) is 30.3 Å². The van der Waals surface area contributed by atoms with Crippen molar-refractivity contribution < 1.29 is 4.79 Å². The molecule has 7 heteroatoms. The number of carbonyl (C=O) groups is 1. The molecule has 0 saturated carbocycles. The van der Waals surface area contributed by atoms with Crippen LogP contribution in [0.3, 0.4) is 0 Å². The molecule has 1 aliphatic rings. The highest BCUT2D eigenvalue weighted by molar-refractivity contribution is 5.95. The Labute approximate surface area is 161 Å².